The number of carbonyl (C=O) groups is 1. The van der Waals surface area contributed by atoms with Gasteiger partial charge >= 0.3 is 0 Å². The molecule has 16 heavy (non-hydrogen) atoms. The van der Waals surface area contributed by atoms with Crippen LogP contribution < -0.4 is 0 Å². The van der Waals surface area contributed by atoms with Crippen LogP contribution in [0.5, 0.6) is 0 Å². The zero-order chi connectivity index (χ0) is 11.5. The average Bonchev–Trinajstić information content (AvgIpc) is 2.61. The van der Waals surface area contributed by atoms with Gasteiger partial charge in [0, 0.05) is 25.0 Å². The van der Waals surface area contributed by atoms with Crippen LogP contribution in [0.3, 0.4) is 0 Å². The van der Waals surface area contributed by atoms with E-state index in [4.69, 9.17) is 0 Å². The molecule has 0 radical (unpaired) electrons. The SMILES string of the molecule is O=C(Cc1ccccn1)N1C[C@@H](O)[C@@H](O)C1. The minimum Gasteiger partial charge on any atom is -0.388 e. The highest BCUT2D eigenvalue weighted by molar-refractivity contribution is 5.78. The van der Waals surface area contributed by atoms with Crippen LogP contribution in [0, 0.1) is 0 Å². The molecule has 0 saturated carbocycles. The average molecular weight is 222 g/mol. The van der Waals surface area contributed by atoms with Crippen molar-refractivity contribution in [2.24, 2.45) is 0 Å². The molecule has 0 unspecified atom stereocenters. The van der Waals surface area contributed by atoms with Gasteiger partial charge in [0.05, 0.1) is 18.6 Å². The minimum atomic E-state index is -0.826. The molecule has 0 aromatic carbocycles. The highest BCUT2D eigenvalue weighted by Gasteiger charge is 2.32. The van der Waals surface area contributed by atoms with Crippen LogP contribution >= 0.6 is 0 Å². The molecule has 1 aliphatic rings. The molecule has 1 aliphatic heterocycles. The summed E-state index contributed by atoms with van der Waals surface area (Å²) in [6.45, 7) is 0.402. The molecule has 1 amide bonds. The van der Waals surface area contributed by atoms with Gasteiger partial charge in [0.2, 0.25) is 5.91 Å². The highest BCUT2D eigenvalue weighted by atomic mass is 16.3. The van der Waals surface area contributed by atoms with E-state index in [1.165, 1.54) is 4.90 Å². The van der Waals surface area contributed by atoms with Crippen molar-refractivity contribution >= 4 is 5.91 Å². The van der Waals surface area contributed by atoms with E-state index in [-0.39, 0.29) is 25.4 Å². The summed E-state index contributed by atoms with van der Waals surface area (Å²) in [7, 11) is 0. The van der Waals surface area contributed by atoms with Crippen molar-refractivity contribution in [1.82, 2.24) is 9.88 Å². The molecule has 0 spiro atoms. The van der Waals surface area contributed by atoms with Gasteiger partial charge in [-0.25, -0.2) is 0 Å². The van der Waals surface area contributed by atoms with E-state index in [9.17, 15) is 15.0 Å². The maximum Gasteiger partial charge on any atom is 0.228 e. The molecule has 1 fully saturated rings. The highest BCUT2D eigenvalue weighted by Crippen LogP contribution is 2.11. The third-order valence-electron chi connectivity index (χ3n) is 2.67. The summed E-state index contributed by atoms with van der Waals surface area (Å²) in [4.78, 5) is 17.3. The van der Waals surface area contributed by atoms with Crippen LogP contribution in [0.1, 0.15) is 5.69 Å². The third kappa shape index (κ3) is 2.37. The first-order valence-electron chi connectivity index (χ1n) is 5.20. The fourth-order valence-corrected chi connectivity index (χ4v) is 1.74. The number of rotatable bonds is 2. The van der Waals surface area contributed by atoms with Gasteiger partial charge in [-0.1, -0.05) is 6.07 Å². The molecule has 2 heterocycles. The molecule has 5 heteroatoms. The Morgan fingerprint density at radius 1 is 1.38 bits per heavy atom. The van der Waals surface area contributed by atoms with Crippen LogP contribution in [0.25, 0.3) is 0 Å². The van der Waals surface area contributed by atoms with Crippen molar-refractivity contribution in [2.45, 2.75) is 18.6 Å². The summed E-state index contributed by atoms with van der Waals surface area (Å²) in [6.07, 6.45) is 0.191. The van der Waals surface area contributed by atoms with Crippen LogP contribution in [-0.4, -0.2) is 51.3 Å². The van der Waals surface area contributed by atoms with E-state index in [0.717, 1.165) is 0 Å². The largest absolute Gasteiger partial charge is 0.388 e. The molecule has 2 rings (SSSR count). The molecule has 2 N–H and O–H groups in total. The van der Waals surface area contributed by atoms with Crippen molar-refractivity contribution in [3.8, 4) is 0 Å². The first kappa shape index (κ1) is 11.0. The first-order valence-corrected chi connectivity index (χ1v) is 5.20. The monoisotopic (exact) mass is 222 g/mol. The Morgan fingerprint density at radius 2 is 2.06 bits per heavy atom. The molecule has 5 nitrogen and oxygen atoms in total. The number of amides is 1. The number of aliphatic hydroxyl groups is 2. The first-order chi connectivity index (χ1) is 7.66. The van der Waals surface area contributed by atoms with Gasteiger partial charge in [-0.2, -0.15) is 0 Å². The van der Waals surface area contributed by atoms with Gasteiger partial charge in [0.15, 0.2) is 0 Å². The lowest BCUT2D eigenvalue weighted by Gasteiger charge is -2.14. The predicted molar refractivity (Wildman–Crippen MR) is 56.5 cm³/mol. The smallest absolute Gasteiger partial charge is 0.228 e. The van der Waals surface area contributed by atoms with Gasteiger partial charge in [0.1, 0.15) is 0 Å². The lowest BCUT2D eigenvalue weighted by atomic mass is 10.2. The number of aliphatic hydroxyl groups excluding tert-OH is 2. The van der Waals surface area contributed by atoms with Crippen molar-refractivity contribution in [3.05, 3.63) is 30.1 Å². The molecular formula is C11H14N2O3. The summed E-state index contributed by atoms with van der Waals surface area (Å²) in [5.41, 5.74) is 0.698. The van der Waals surface area contributed by atoms with Gasteiger partial charge in [-0.3, -0.25) is 9.78 Å². The van der Waals surface area contributed by atoms with E-state index in [0.29, 0.717) is 5.69 Å². The third-order valence-corrected chi connectivity index (χ3v) is 2.67. The minimum absolute atomic E-state index is 0.116. The Balaban J connectivity index is 1.95. The van der Waals surface area contributed by atoms with Crippen molar-refractivity contribution in [2.75, 3.05) is 13.1 Å². The number of likely N-dealkylation sites (tertiary alicyclic amines) is 1. The van der Waals surface area contributed by atoms with E-state index < -0.39 is 12.2 Å². The van der Waals surface area contributed by atoms with E-state index in [1.807, 2.05) is 6.07 Å². The molecular weight excluding hydrogens is 208 g/mol. The zero-order valence-corrected chi connectivity index (χ0v) is 8.78. The summed E-state index contributed by atoms with van der Waals surface area (Å²) >= 11 is 0. The fourth-order valence-electron chi connectivity index (χ4n) is 1.74. The zero-order valence-electron chi connectivity index (χ0n) is 8.78. The summed E-state index contributed by atoms with van der Waals surface area (Å²) < 4.78 is 0. The lowest BCUT2D eigenvalue weighted by Crippen LogP contribution is -2.31. The second-order valence-corrected chi connectivity index (χ2v) is 3.93. The van der Waals surface area contributed by atoms with Crippen molar-refractivity contribution < 1.29 is 15.0 Å². The van der Waals surface area contributed by atoms with E-state index >= 15 is 0 Å². The number of pyridine rings is 1. The van der Waals surface area contributed by atoms with Crippen LogP contribution in [0.2, 0.25) is 0 Å². The quantitative estimate of drug-likeness (QED) is 0.686. The molecule has 0 bridgehead atoms. The lowest BCUT2D eigenvalue weighted by molar-refractivity contribution is -0.130. The Morgan fingerprint density at radius 3 is 2.62 bits per heavy atom. The second kappa shape index (κ2) is 4.59. The number of hydrogen-bond donors (Lipinski definition) is 2. The normalized spacial score (nSPS) is 24.8. The second-order valence-electron chi connectivity index (χ2n) is 3.93. The maximum absolute atomic E-state index is 11.8. The number of carbonyl (C=O) groups excluding carboxylic acids is 1. The van der Waals surface area contributed by atoms with Gasteiger partial charge < -0.3 is 15.1 Å². The maximum atomic E-state index is 11.8. The Bertz CT molecular complexity index is 359. The van der Waals surface area contributed by atoms with Gasteiger partial charge in [-0.15, -0.1) is 0 Å². The number of nitrogens with zero attached hydrogens (tertiary/aromatic N) is 2. The molecule has 1 aromatic rings. The van der Waals surface area contributed by atoms with E-state index in [2.05, 4.69) is 4.98 Å². The number of hydrogen-bond acceptors (Lipinski definition) is 4. The van der Waals surface area contributed by atoms with Gasteiger partial charge in [0.25, 0.3) is 0 Å². The number of aromatic nitrogens is 1. The Kier molecular flexibility index (Phi) is 3.17. The summed E-state index contributed by atoms with van der Waals surface area (Å²) in [6, 6.07) is 5.39. The van der Waals surface area contributed by atoms with Crippen LogP contribution in [0.15, 0.2) is 24.4 Å². The summed E-state index contributed by atoms with van der Waals surface area (Å²) in [5, 5.41) is 18.6. The Labute approximate surface area is 93.3 Å². The molecule has 1 aromatic heterocycles. The fraction of sp³-hybridized carbons (Fsp3) is 0.455. The standard InChI is InChI=1S/C11H14N2O3/c14-9-6-13(7-10(9)15)11(16)5-8-3-1-2-4-12-8/h1-4,9-10,14-15H,5-7H2/t9-,10+. The Hall–Kier alpha value is -1.46. The van der Waals surface area contributed by atoms with Gasteiger partial charge in [-0.05, 0) is 12.1 Å². The van der Waals surface area contributed by atoms with E-state index in [1.54, 1.807) is 18.3 Å². The molecule has 0 aliphatic carbocycles. The molecule has 1 saturated heterocycles. The van der Waals surface area contributed by atoms with Crippen molar-refractivity contribution in [3.63, 3.8) is 0 Å². The topological polar surface area (TPSA) is 73.7 Å². The summed E-state index contributed by atoms with van der Waals surface area (Å²) in [5.74, 6) is -0.116. The number of β-amino-alcohol motifs (C(OH)–C–C–N with tert-alkyl or cyclic N) is 2. The molecule has 2 atom stereocenters. The van der Waals surface area contributed by atoms with Crippen molar-refractivity contribution in [1.29, 1.82) is 0 Å². The van der Waals surface area contributed by atoms with Crippen LogP contribution in [-0.2, 0) is 11.2 Å². The molecule has 86 valence electrons. The predicted octanol–water partition coefficient (Wildman–Crippen LogP) is -0.812. The van der Waals surface area contributed by atoms with Crippen LogP contribution in [0.4, 0.5) is 0 Å².